The first-order valence-electron chi connectivity index (χ1n) is 4.52. The average molecular weight is 247 g/mol. The van der Waals surface area contributed by atoms with Gasteiger partial charge in [0.2, 0.25) is 0 Å². The van der Waals surface area contributed by atoms with E-state index in [2.05, 4.69) is 0 Å². The smallest absolute Gasteiger partial charge is 0.395 e. The molecule has 0 unspecified atom stereocenters. The molecule has 0 amide bonds. The maximum atomic E-state index is 11.8. The normalized spacial score (nSPS) is 12.4. The number of alkyl halides is 3. The van der Waals surface area contributed by atoms with E-state index in [9.17, 15) is 13.2 Å². The summed E-state index contributed by atoms with van der Waals surface area (Å²) in [5, 5.41) is 8.68. The Morgan fingerprint density at radius 3 is 2.40 bits per heavy atom. The predicted molar refractivity (Wildman–Crippen MR) is 53.9 cm³/mol. The Bertz CT molecular complexity index is 157. The van der Waals surface area contributed by atoms with Crippen LogP contribution in [0.3, 0.4) is 0 Å². The second kappa shape index (κ2) is 8.20. The van der Waals surface area contributed by atoms with E-state index in [0.29, 0.717) is 26.2 Å². The lowest BCUT2D eigenvalue weighted by Crippen LogP contribution is -2.32. The molecule has 0 aromatic rings. The molecule has 0 saturated heterocycles. The van der Waals surface area contributed by atoms with Gasteiger partial charge in [-0.15, -0.1) is 0 Å². The van der Waals surface area contributed by atoms with Crippen molar-refractivity contribution in [1.29, 1.82) is 0 Å². The van der Waals surface area contributed by atoms with Crippen LogP contribution in [0.2, 0.25) is 0 Å². The van der Waals surface area contributed by atoms with Gasteiger partial charge in [0, 0.05) is 32.5 Å². The summed E-state index contributed by atoms with van der Waals surface area (Å²) < 4.78 is 40.3. The van der Waals surface area contributed by atoms with Crippen LogP contribution in [0.4, 0.5) is 13.2 Å². The van der Waals surface area contributed by atoms with Gasteiger partial charge >= 0.3 is 5.51 Å². The monoisotopic (exact) mass is 247 g/mol. The van der Waals surface area contributed by atoms with Crippen LogP contribution in [0.5, 0.6) is 0 Å². The summed E-state index contributed by atoms with van der Waals surface area (Å²) in [5.41, 5.74) is -4.17. The first-order chi connectivity index (χ1) is 6.99. The number of hydrogen-bond donors (Lipinski definition) is 1. The van der Waals surface area contributed by atoms with Crippen molar-refractivity contribution in [2.24, 2.45) is 0 Å². The van der Waals surface area contributed by atoms with E-state index in [1.54, 1.807) is 4.90 Å². The van der Waals surface area contributed by atoms with Crippen molar-refractivity contribution in [3.05, 3.63) is 0 Å². The second-order valence-corrected chi connectivity index (χ2v) is 4.01. The molecule has 1 N–H and O–H groups in total. The first kappa shape index (κ1) is 15.0. The Hall–Kier alpha value is 0.0200. The molecule has 0 rings (SSSR count). The predicted octanol–water partition coefficient (Wildman–Crippen LogP) is 1.18. The number of nitrogens with zero attached hydrogens (tertiary/aromatic N) is 1. The zero-order valence-corrected chi connectivity index (χ0v) is 9.40. The van der Waals surface area contributed by atoms with Gasteiger partial charge in [-0.1, -0.05) is 0 Å². The fraction of sp³-hybridized carbons (Fsp3) is 1.00. The number of hydrogen-bond acceptors (Lipinski definition) is 4. The highest BCUT2D eigenvalue weighted by atomic mass is 32.2. The quantitative estimate of drug-likeness (QED) is 0.698. The molecule has 0 heterocycles. The van der Waals surface area contributed by atoms with Crippen molar-refractivity contribution < 1.29 is 23.0 Å². The topological polar surface area (TPSA) is 32.7 Å². The summed E-state index contributed by atoms with van der Waals surface area (Å²) in [6.07, 6.45) is 0. The van der Waals surface area contributed by atoms with Crippen LogP contribution in [-0.2, 0) is 4.74 Å². The van der Waals surface area contributed by atoms with Crippen molar-refractivity contribution in [2.45, 2.75) is 5.51 Å². The lowest BCUT2D eigenvalue weighted by molar-refractivity contribution is -0.0328. The van der Waals surface area contributed by atoms with Crippen molar-refractivity contribution in [2.75, 3.05) is 45.7 Å². The Kier molecular flexibility index (Phi) is 8.22. The number of ether oxygens (including phenoxy) is 1. The molecule has 0 aromatic heterocycles. The van der Waals surface area contributed by atoms with Gasteiger partial charge in [-0.3, -0.25) is 4.90 Å². The zero-order chi connectivity index (χ0) is 11.7. The SMILES string of the molecule is COCCN(CCO)CCSC(F)(F)F. The molecular weight excluding hydrogens is 231 g/mol. The number of methoxy groups -OCH3 is 1. The minimum atomic E-state index is -4.17. The molecule has 0 saturated carbocycles. The molecule has 0 aliphatic heterocycles. The van der Waals surface area contributed by atoms with E-state index in [4.69, 9.17) is 9.84 Å². The molecule has 3 nitrogen and oxygen atoms in total. The number of rotatable bonds is 8. The molecule has 0 bridgehead atoms. The molecule has 0 spiro atoms. The number of thioether (sulfide) groups is 1. The van der Waals surface area contributed by atoms with Gasteiger partial charge in [0.25, 0.3) is 0 Å². The number of halogens is 3. The van der Waals surface area contributed by atoms with Crippen LogP contribution in [-0.4, -0.2) is 61.2 Å². The van der Waals surface area contributed by atoms with E-state index in [0.717, 1.165) is 0 Å². The van der Waals surface area contributed by atoms with E-state index in [1.807, 2.05) is 0 Å². The third kappa shape index (κ3) is 10.3. The van der Waals surface area contributed by atoms with E-state index < -0.39 is 5.51 Å². The van der Waals surface area contributed by atoms with Crippen molar-refractivity contribution in [1.82, 2.24) is 4.90 Å². The Labute approximate surface area is 91.6 Å². The van der Waals surface area contributed by atoms with Gasteiger partial charge in [-0.25, -0.2) is 0 Å². The Morgan fingerprint density at radius 1 is 1.27 bits per heavy atom. The van der Waals surface area contributed by atoms with E-state index in [-0.39, 0.29) is 24.1 Å². The lowest BCUT2D eigenvalue weighted by atomic mass is 10.5. The van der Waals surface area contributed by atoms with Crippen molar-refractivity contribution >= 4 is 11.8 Å². The number of aliphatic hydroxyl groups is 1. The summed E-state index contributed by atoms with van der Waals surface area (Å²) >= 11 is -0.0429. The van der Waals surface area contributed by atoms with Crippen LogP contribution >= 0.6 is 11.8 Å². The van der Waals surface area contributed by atoms with Gasteiger partial charge in [0.15, 0.2) is 0 Å². The third-order valence-electron chi connectivity index (χ3n) is 1.70. The van der Waals surface area contributed by atoms with Crippen molar-refractivity contribution in [3.63, 3.8) is 0 Å². The van der Waals surface area contributed by atoms with E-state index >= 15 is 0 Å². The fourth-order valence-electron chi connectivity index (χ4n) is 0.988. The highest BCUT2D eigenvalue weighted by molar-refractivity contribution is 8.00. The minimum Gasteiger partial charge on any atom is -0.395 e. The summed E-state index contributed by atoms with van der Waals surface area (Å²) in [7, 11) is 1.53. The molecule has 0 atom stereocenters. The Balaban J connectivity index is 3.65. The van der Waals surface area contributed by atoms with Crippen LogP contribution in [0.1, 0.15) is 0 Å². The van der Waals surface area contributed by atoms with Gasteiger partial charge in [0.1, 0.15) is 0 Å². The maximum absolute atomic E-state index is 11.8. The summed E-state index contributed by atoms with van der Waals surface area (Å²) in [5.74, 6) is -0.0206. The molecule has 92 valence electrons. The van der Waals surface area contributed by atoms with Crippen LogP contribution in [0.15, 0.2) is 0 Å². The molecule has 0 aliphatic carbocycles. The molecule has 0 aromatic carbocycles. The molecule has 7 heteroatoms. The van der Waals surface area contributed by atoms with Gasteiger partial charge in [-0.2, -0.15) is 13.2 Å². The first-order valence-corrected chi connectivity index (χ1v) is 5.51. The molecule has 0 fully saturated rings. The third-order valence-corrected chi connectivity index (χ3v) is 2.42. The average Bonchev–Trinajstić information content (AvgIpc) is 2.12. The molecule has 0 aliphatic rings. The van der Waals surface area contributed by atoms with E-state index in [1.165, 1.54) is 7.11 Å². The highest BCUT2D eigenvalue weighted by Crippen LogP contribution is 2.29. The molecule has 0 radical (unpaired) electrons. The molecule has 15 heavy (non-hydrogen) atoms. The van der Waals surface area contributed by atoms with Gasteiger partial charge in [0.05, 0.1) is 13.2 Å². The summed E-state index contributed by atoms with van der Waals surface area (Å²) in [4.78, 5) is 1.74. The van der Waals surface area contributed by atoms with Crippen LogP contribution in [0.25, 0.3) is 0 Å². The lowest BCUT2D eigenvalue weighted by Gasteiger charge is -2.20. The highest BCUT2D eigenvalue weighted by Gasteiger charge is 2.27. The minimum absolute atomic E-state index is 0.0206. The maximum Gasteiger partial charge on any atom is 0.441 e. The van der Waals surface area contributed by atoms with Crippen LogP contribution in [0, 0.1) is 0 Å². The second-order valence-electron chi connectivity index (χ2n) is 2.85. The fourth-order valence-corrected chi connectivity index (χ4v) is 1.57. The summed E-state index contributed by atoms with van der Waals surface area (Å²) in [6.45, 7) is 1.61. The Morgan fingerprint density at radius 2 is 1.93 bits per heavy atom. The van der Waals surface area contributed by atoms with Gasteiger partial charge in [-0.05, 0) is 11.8 Å². The van der Waals surface area contributed by atoms with Gasteiger partial charge < -0.3 is 9.84 Å². The van der Waals surface area contributed by atoms with Crippen molar-refractivity contribution in [3.8, 4) is 0 Å². The largest absolute Gasteiger partial charge is 0.441 e. The zero-order valence-electron chi connectivity index (χ0n) is 8.59. The standard InChI is InChI=1S/C8H16F3NO2S/c1-14-6-3-12(2-5-13)4-7-15-8(9,10)11/h13H,2-7H2,1H3. The number of aliphatic hydroxyl groups excluding tert-OH is 1. The summed E-state index contributed by atoms with van der Waals surface area (Å²) in [6, 6.07) is 0. The van der Waals surface area contributed by atoms with Crippen LogP contribution < -0.4 is 0 Å². The molecular formula is C8H16F3NO2S.